The Morgan fingerprint density at radius 1 is 0.946 bits per heavy atom. The van der Waals surface area contributed by atoms with E-state index in [1.54, 1.807) is 6.92 Å². The van der Waals surface area contributed by atoms with E-state index in [0.29, 0.717) is 6.61 Å². The molecule has 194 valence electrons. The van der Waals surface area contributed by atoms with Gasteiger partial charge in [0.15, 0.2) is 0 Å². The first-order valence-electron chi connectivity index (χ1n) is 12.2. The van der Waals surface area contributed by atoms with E-state index < -0.39 is 5.97 Å². The van der Waals surface area contributed by atoms with Crippen molar-refractivity contribution in [1.82, 2.24) is 4.90 Å². The fourth-order valence-corrected chi connectivity index (χ4v) is 4.38. The van der Waals surface area contributed by atoms with Crippen LogP contribution in [-0.2, 0) is 17.9 Å². The molecule has 1 heterocycles. The molecule has 1 aliphatic rings. The molecule has 0 aromatic heterocycles. The summed E-state index contributed by atoms with van der Waals surface area (Å²) in [6.07, 6.45) is -0.0165. The summed E-state index contributed by atoms with van der Waals surface area (Å²) in [5, 5.41) is 9.10. The van der Waals surface area contributed by atoms with Gasteiger partial charge in [0.1, 0.15) is 18.2 Å². The third-order valence-electron chi connectivity index (χ3n) is 6.38. The summed E-state index contributed by atoms with van der Waals surface area (Å²) in [6.45, 7) is 6.87. The zero-order valence-corrected chi connectivity index (χ0v) is 22.0. The number of piperazine rings is 1. The van der Waals surface area contributed by atoms with Crippen molar-refractivity contribution >= 4 is 25.2 Å². The van der Waals surface area contributed by atoms with Crippen LogP contribution < -0.4 is 9.64 Å². The summed E-state index contributed by atoms with van der Waals surface area (Å²) < 4.78 is 19.1. The molecule has 0 saturated carbocycles. The van der Waals surface area contributed by atoms with Gasteiger partial charge in [-0.1, -0.05) is 42.3 Å². The molecule has 0 unspecified atom stereocenters. The summed E-state index contributed by atoms with van der Waals surface area (Å²) in [4.78, 5) is 15.8. The van der Waals surface area contributed by atoms with E-state index in [1.165, 1.54) is 17.7 Å². The van der Waals surface area contributed by atoms with Crippen molar-refractivity contribution in [3.63, 3.8) is 0 Å². The minimum atomic E-state index is -0.862. The van der Waals surface area contributed by atoms with Crippen LogP contribution in [0.25, 0.3) is 0 Å². The molecule has 1 N–H and O–H groups in total. The van der Waals surface area contributed by atoms with Gasteiger partial charge >= 0.3 is 5.97 Å². The molecular weight excluding hydrogens is 487 g/mol. The molecule has 0 aliphatic carbocycles. The van der Waals surface area contributed by atoms with E-state index in [0.717, 1.165) is 55.3 Å². The number of anilines is 1. The van der Waals surface area contributed by atoms with Crippen LogP contribution in [0.4, 0.5) is 10.1 Å². The van der Waals surface area contributed by atoms with Gasteiger partial charge in [-0.2, -0.15) is 13.5 Å². The van der Waals surface area contributed by atoms with Gasteiger partial charge < -0.3 is 14.7 Å². The zero-order chi connectivity index (χ0) is 25.3. The van der Waals surface area contributed by atoms with Crippen molar-refractivity contribution in [1.29, 1.82) is 0 Å². The van der Waals surface area contributed by atoms with Gasteiger partial charge in [0, 0.05) is 38.4 Å². The number of nitrogens with zero attached hydrogens (tertiary/aromatic N) is 2. The average molecular weight is 521 g/mol. The average Bonchev–Trinajstić information content (AvgIpc) is 2.89. The number of benzene rings is 3. The smallest absolute Gasteiger partial charge is 0.304 e. The second-order valence-corrected chi connectivity index (χ2v) is 8.96. The third-order valence-corrected chi connectivity index (χ3v) is 6.38. The van der Waals surface area contributed by atoms with E-state index in [2.05, 4.69) is 45.9 Å². The first kappa shape index (κ1) is 28.1. The van der Waals surface area contributed by atoms with Crippen molar-refractivity contribution in [2.24, 2.45) is 0 Å². The lowest BCUT2D eigenvalue weighted by atomic mass is 9.96. The summed E-state index contributed by atoms with van der Waals surface area (Å²) in [7, 11) is 0. The Hall–Kier alpha value is -3.47. The molecule has 1 fully saturated rings. The normalized spacial score (nSPS) is 14.2. The lowest BCUT2D eigenvalue weighted by Crippen LogP contribution is -2.45. The van der Waals surface area contributed by atoms with Crippen LogP contribution in [0.1, 0.15) is 36.0 Å². The number of halogens is 1. The van der Waals surface area contributed by atoms with Crippen molar-refractivity contribution < 1.29 is 19.0 Å². The summed E-state index contributed by atoms with van der Waals surface area (Å²) in [5.74, 6) is 5.13. The quantitative estimate of drug-likeness (QED) is 0.382. The fourth-order valence-electron chi connectivity index (χ4n) is 4.38. The van der Waals surface area contributed by atoms with Crippen molar-refractivity contribution in [2.45, 2.75) is 32.4 Å². The standard InChI is InChI=1S/C30H31FN2O3.H2S/c1-2-3-26(20-30(34)35)25-8-14-29(15-9-25)36-22-24-6-4-23(5-7-24)21-32-16-18-33(19-17-32)28-12-10-27(31)11-13-28;/h4-15,26H,16-22H2,1H3,(H,34,35);1H2/t26-;/m0./s1. The van der Waals surface area contributed by atoms with Crippen LogP contribution in [0.2, 0.25) is 0 Å². The monoisotopic (exact) mass is 520 g/mol. The van der Waals surface area contributed by atoms with Crippen LogP contribution in [0.15, 0.2) is 72.8 Å². The number of ether oxygens (including phenoxy) is 1. The van der Waals surface area contributed by atoms with Gasteiger partial charge in [0.05, 0.1) is 12.3 Å². The minimum absolute atomic E-state index is 0. The lowest BCUT2D eigenvalue weighted by molar-refractivity contribution is -0.137. The molecule has 3 aromatic carbocycles. The van der Waals surface area contributed by atoms with Gasteiger partial charge in [0.2, 0.25) is 0 Å². The fraction of sp³-hybridized carbons (Fsp3) is 0.300. The molecule has 1 saturated heterocycles. The third kappa shape index (κ3) is 8.28. The van der Waals surface area contributed by atoms with Gasteiger partial charge in [-0.25, -0.2) is 4.39 Å². The predicted molar refractivity (Wildman–Crippen MR) is 150 cm³/mol. The molecule has 37 heavy (non-hydrogen) atoms. The van der Waals surface area contributed by atoms with E-state index in [-0.39, 0.29) is 31.7 Å². The molecule has 1 atom stereocenters. The summed E-state index contributed by atoms with van der Waals surface area (Å²) in [5.41, 5.74) is 4.30. The molecule has 0 spiro atoms. The van der Waals surface area contributed by atoms with Gasteiger partial charge in [-0.05, 0) is 60.0 Å². The topological polar surface area (TPSA) is 53.0 Å². The largest absolute Gasteiger partial charge is 0.489 e. The van der Waals surface area contributed by atoms with Gasteiger partial charge in [-0.15, -0.1) is 5.92 Å². The highest BCUT2D eigenvalue weighted by Crippen LogP contribution is 2.23. The minimum Gasteiger partial charge on any atom is -0.489 e. The maximum atomic E-state index is 13.2. The molecule has 1 aliphatic heterocycles. The van der Waals surface area contributed by atoms with Crippen molar-refractivity contribution in [2.75, 3.05) is 31.1 Å². The predicted octanol–water partition coefficient (Wildman–Crippen LogP) is 5.42. The molecule has 0 amide bonds. The SMILES string of the molecule is CC#C[C@@H](CC(=O)O)c1ccc(OCc2ccc(CN3CCN(c4ccc(F)cc4)CC3)cc2)cc1.S. The Balaban J connectivity index is 0.00000380. The highest BCUT2D eigenvalue weighted by Gasteiger charge is 2.17. The number of carboxylic acids is 1. The first-order chi connectivity index (χ1) is 17.5. The number of hydrogen-bond acceptors (Lipinski definition) is 4. The van der Waals surface area contributed by atoms with Crippen molar-refractivity contribution in [3.05, 3.63) is 95.3 Å². The Morgan fingerprint density at radius 3 is 2.16 bits per heavy atom. The molecule has 0 radical (unpaired) electrons. The van der Waals surface area contributed by atoms with Crippen molar-refractivity contribution in [3.8, 4) is 17.6 Å². The summed E-state index contributed by atoms with van der Waals surface area (Å²) in [6, 6.07) is 22.7. The van der Waals surface area contributed by atoms with E-state index in [4.69, 9.17) is 9.84 Å². The molecule has 0 bridgehead atoms. The molecule has 5 nitrogen and oxygen atoms in total. The Labute approximate surface area is 225 Å². The van der Waals surface area contributed by atoms with Crippen LogP contribution >= 0.6 is 13.5 Å². The second-order valence-electron chi connectivity index (χ2n) is 8.96. The first-order valence-corrected chi connectivity index (χ1v) is 12.2. The highest BCUT2D eigenvalue weighted by atomic mass is 32.1. The van der Waals surface area contributed by atoms with Crippen LogP contribution in [-0.4, -0.2) is 42.2 Å². The molecule has 7 heteroatoms. The van der Waals surface area contributed by atoms with E-state index in [1.807, 2.05) is 36.4 Å². The second kappa shape index (κ2) is 13.7. The van der Waals surface area contributed by atoms with Crippen LogP contribution in [0.5, 0.6) is 5.75 Å². The Kier molecular flexibility index (Phi) is 10.4. The highest BCUT2D eigenvalue weighted by molar-refractivity contribution is 7.59. The molecular formula is C30H33FN2O3S. The maximum Gasteiger partial charge on any atom is 0.304 e. The van der Waals surface area contributed by atoms with E-state index >= 15 is 0 Å². The lowest BCUT2D eigenvalue weighted by Gasteiger charge is -2.36. The van der Waals surface area contributed by atoms with E-state index in [9.17, 15) is 9.18 Å². The number of aliphatic carboxylic acids is 1. The number of carboxylic acid groups (broad SMARTS) is 1. The summed E-state index contributed by atoms with van der Waals surface area (Å²) >= 11 is 0. The Morgan fingerprint density at radius 2 is 1.57 bits per heavy atom. The van der Waals surface area contributed by atoms with Gasteiger partial charge in [-0.3, -0.25) is 9.69 Å². The molecule has 3 aromatic rings. The number of rotatable bonds is 9. The van der Waals surface area contributed by atoms with Crippen LogP contribution in [0.3, 0.4) is 0 Å². The van der Waals surface area contributed by atoms with Crippen LogP contribution in [0, 0.1) is 17.7 Å². The molecule has 4 rings (SSSR count). The number of carbonyl (C=O) groups is 1. The maximum absolute atomic E-state index is 13.2. The number of hydrogen-bond donors (Lipinski definition) is 1. The Bertz CT molecular complexity index is 1200. The van der Waals surface area contributed by atoms with Gasteiger partial charge in [0.25, 0.3) is 0 Å². The zero-order valence-electron chi connectivity index (χ0n) is 21.0.